The van der Waals surface area contributed by atoms with Crippen LogP contribution >= 0.6 is 0 Å². The van der Waals surface area contributed by atoms with Gasteiger partial charge in [0.15, 0.2) is 5.78 Å². The molecule has 0 heterocycles. The number of hydrogen-bond acceptors (Lipinski definition) is 2. The van der Waals surface area contributed by atoms with E-state index < -0.39 is 17.2 Å². The lowest BCUT2D eigenvalue weighted by molar-refractivity contribution is -0.157. The molecule has 1 fully saturated rings. The van der Waals surface area contributed by atoms with Gasteiger partial charge in [-0.1, -0.05) is 24.6 Å². The molecule has 18 heavy (non-hydrogen) atoms. The third-order valence-corrected chi connectivity index (χ3v) is 3.65. The summed E-state index contributed by atoms with van der Waals surface area (Å²) in [6, 6.07) is 6.04. The Morgan fingerprint density at radius 3 is 2.67 bits per heavy atom. The van der Waals surface area contributed by atoms with Crippen LogP contribution in [0.4, 0.5) is 4.39 Å². The largest absolute Gasteiger partial charge is 0.480 e. The number of carboxylic acid groups (broad SMARTS) is 1. The Bertz CT molecular complexity index is 484. The molecule has 0 radical (unpaired) electrons. The fraction of sp³-hybridized carbons (Fsp3) is 0.429. The van der Waals surface area contributed by atoms with Gasteiger partial charge in [0.25, 0.3) is 0 Å². The molecule has 1 N–H and O–H groups in total. The van der Waals surface area contributed by atoms with Crippen LogP contribution in [0.3, 0.4) is 0 Å². The summed E-state index contributed by atoms with van der Waals surface area (Å²) in [4.78, 5) is 23.4. The Morgan fingerprint density at radius 1 is 1.33 bits per heavy atom. The lowest BCUT2D eigenvalue weighted by Crippen LogP contribution is -2.43. The second kappa shape index (κ2) is 4.88. The first kappa shape index (κ1) is 12.7. The predicted octanol–water partition coefficient (Wildman–Crippen LogP) is 2.58. The summed E-state index contributed by atoms with van der Waals surface area (Å²) in [5.74, 6) is -1.85. The van der Waals surface area contributed by atoms with Crippen molar-refractivity contribution in [2.75, 3.05) is 0 Å². The van der Waals surface area contributed by atoms with E-state index in [0.717, 1.165) is 6.42 Å². The summed E-state index contributed by atoms with van der Waals surface area (Å²) in [5.41, 5.74) is -1.13. The summed E-state index contributed by atoms with van der Waals surface area (Å²) < 4.78 is 13.6. The molecule has 1 aromatic rings. The number of carbonyl (C=O) groups excluding carboxylic acids is 1. The van der Waals surface area contributed by atoms with E-state index in [-0.39, 0.29) is 18.6 Å². The van der Waals surface area contributed by atoms with E-state index in [9.17, 15) is 19.1 Å². The summed E-state index contributed by atoms with van der Waals surface area (Å²) in [6.45, 7) is 0. The lowest BCUT2D eigenvalue weighted by atomic mass is 9.69. The number of hydrogen-bond donors (Lipinski definition) is 1. The van der Waals surface area contributed by atoms with Crippen LogP contribution in [0.1, 0.15) is 31.2 Å². The maximum atomic E-state index is 13.6. The number of ketones is 1. The minimum absolute atomic E-state index is 0.0478. The molecule has 1 aliphatic carbocycles. The Hall–Kier alpha value is -1.71. The molecule has 3 nitrogen and oxygen atoms in total. The molecule has 1 atom stereocenters. The van der Waals surface area contributed by atoms with Gasteiger partial charge >= 0.3 is 5.97 Å². The van der Waals surface area contributed by atoms with Gasteiger partial charge in [0.1, 0.15) is 11.2 Å². The van der Waals surface area contributed by atoms with Gasteiger partial charge in [0.05, 0.1) is 0 Å². The van der Waals surface area contributed by atoms with Crippen LogP contribution in [0.25, 0.3) is 0 Å². The average Bonchev–Trinajstić information content (AvgIpc) is 2.34. The third kappa shape index (κ3) is 2.15. The van der Waals surface area contributed by atoms with Crippen LogP contribution in [-0.2, 0) is 16.0 Å². The highest BCUT2D eigenvalue weighted by atomic mass is 19.1. The van der Waals surface area contributed by atoms with Gasteiger partial charge in [-0.2, -0.15) is 0 Å². The van der Waals surface area contributed by atoms with Crippen molar-refractivity contribution in [3.63, 3.8) is 0 Å². The molecule has 1 aliphatic rings. The number of halogens is 1. The quantitative estimate of drug-likeness (QED) is 0.839. The van der Waals surface area contributed by atoms with Gasteiger partial charge < -0.3 is 5.11 Å². The highest BCUT2D eigenvalue weighted by Gasteiger charge is 2.47. The van der Waals surface area contributed by atoms with Gasteiger partial charge in [-0.05, 0) is 30.9 Å². The molecule has 0 aliphatic heterocycles. The molecule has 1 aromatic carbocycles. The molecule has 2 rings (SSSR count). The van der Waals surface area contributed by atoms with Crippen molar-refractivity contribution < 1.29 is 19.1 Å². The fourth-order valence-corrected chi connectivity index (χ4v) is 2.55. The van der Waals surface area contributed by atoms with Crippen molar-refractivity contribution in [1.29, 1.82) is 0 Å². The van der Waals surface area contributed by atoms with Crippen molar-refractivity contribution in [1.82, 2.24) is 0 Å². The summed E-state index contributed by atoms with van der Waals surface area (Å²) in [6.07, 6.45) is 1.96. The topological polar surface area (TPSA) is 54.4 Å². The number of carbonyl (C=O) groups is 2. The molecule has 0 amide bonds. The zero-order valence-corrected chi connectivity index (χ0v) is 9.99. The monoisotopic (exact) mass is 250 g/mol. The fourth-order valence-electron chi connectivity index (χ4n) is 2.55. The van der Waals surface area contributed by atoms with Gasteiger partial charge in [-0.15, -0.1) is 0 Å². The Morgan fingerprint density at radius 2 is 2.06 bits per heavy atom. The Labute approximate surface area is 105 Å². The zero-order valence-electron chi connectivity index (χ0n) is 9.99. The molecular formula is C14H15FO3. The smallest absolute Gasteiger partial charge is 0.317 e. The second-order valence-electron chi connectivity index (χ2n) is 4.79. The van der Waals surface area contributed by atoms with Crippen LogP contribution in [0.2, 0.25) is 0 Å². The molecule has 1 unspecified atom stereocenters. The van der Waals surface area contributed by atoms with Gasteiger partial charge in [0, 0.05) is 6.42 Å². The highest BCUT2D eigenvalue weighted by molar-refractivity contribution is 6.03. The summed E-state index contributed by atoms with van der Waals surface area (Å²) >= 11 is 0. The van der Waals surface area contributed by atoms with E-state index in [0.29, 0.717) is 18.4 Å². The van der Waals surface area contributed by atoms with Gasteiger partial charge in [0.2, 0.25) is 0 Å². The lowest BCUT2D eigenvalue weighted by Gasteiger charge is -2.31. The molecule has 0 bridgehead atoms. The van der Waals surface area contributed by atoms with Crippen LogP contribution in [0.15, 0.2) is 24.3 Å². The zero-order chi connectivity index (χ0) is 13.2. The average molecular weight is 250 g/mol. The maximum Gasteiger partial charge on any atom is 0.317 e. The second-order valence-corrected chi connectivity index (χ2v) is 4.79. The first-order valence-electron chi connectivity index (χ1n) is 6.06. The molecule has 0 aromatic heterocycles. The van der Waals surface area contributed by atoms with Crippen LogP contribution in [-0.4, -0.2) is 16.9 Å². The van der Waals surface area contributed by atoms with E-state index in [4.69, 9.17) is 0 Å². The third-order valence-electron chi connectivity index (χ3n) is 3.65. The first-order valence-corrected chi connectivity index (χ1v) is 6.06. The van der Waals surface area contributed by atoms with Crippen molar-refractivity contribution in [3.05, 3.63) is 35.6 Å². The molecular weight excluding hydrogens is 235 g/mol. The van der Waals surface area contributed by atoms with E-state index in [1.807, 2.05) is 0 Å². The predicted molar refractivity (Wildman–Crippen MR) is 63.6 cm³/mol. The minimum Gasteiger partial charge on any atom is -0.480 e. The molecule has 4 heteroatoms. The van der Waals surface area contributed by atoms with E-state index in [2.05, 4.69) is 0 Å². The van der Waals surface area contributed by atoms with E-state index in [1.54, 1.807) is 18.2 Å². The summed E-state index contributed by atoms with van der Waals surface area (Å²) in [5, 5.41) is 9.37. The molecule has 0 saturated heterocycles. The molecule has 96 valence electrons. The van der Waals surface area contributed by atoms with Gasteiger partial charge in [-0.25, -0.2) is 4.39 Å². The van der Waals surface area contributed by atoms with Crippen molar-refractivity contribution in [2.45, 2.75) is 32.1 Å². The Kier molecular flexibility index (Phi) is 3.45. The SMILES string of the molecule is O=C(O)C1(Cc2ccccc2F)CCCCC1=O. The standard InChI is InChI=1S/C14H15FO3/c15-11-6-2-1-5-10(11)9-14(13(17)18)8-4-3-7-12(14)16/h1-2,5-6H,3-4,7-9H2,(H,17,18). The van der Waals surface area contributed by atoms with Crippen molar-refractivity contribution >= 4 is 11.8 Å². The number of Topliss-reactive ketones (excluding diaryl/α,β-unsaturated/α-hetero) is 1. The molecule has 1 saturated carbocycles. The van der Waals surface area contributed by atoms with Crippen molar-refractivity contribution in [2.24, 2.45) is 5.41 Å². The number of aliphatic carboxylic acids is 1. The van der Waals surface area contributed by atoms with Crippen molar-refractivity contribution in [3.8, 4) is 0 Å². The molecule has 0 spiro atoms. The highest BCUT2D eigenvalue weighted by Crippen LogP contribution is 2.37. The minimum atomic E-state index is -1.43. The number of carboxylic acids is 1. The van der Waals surface area contributed by atoms with E-state index in [1.165, 1.54) is 6.07 Å². The van der Waals surface area contributed by atoms with Crippen LogP contribution in [0, 0.1) is 11.2 Å². The number of benzene rings is 1. The normalized spacial score (nSPS) is 23.9. The van der Waals surface area contributed by atoms with Gasteiger partial charge in [-0.3, -0.25) is 9.59 Å². The maximum absolute atomic E-state index is 13.6. The van der Waals surface area contributed by atoms with E-state index >= 15 is 0 Å². The number of rotatable bonds is 3. The first-order chi connectivity index (χ1) is 8.56. The Balaban J connectivity index is 2.35. The van der Waals surface area contributed by atoms with Crippen LogP contribution in [0.5, 0.6) is 0 Å². The summed E-state index contributed by atoms with van der Waals surface area (Å²) in [7, 11) is 0. The van der Waals surface area contributed by atoms with Crippen LogP contribution < -0.4 is 0 Å².